The summed E-state index contributed by atoms with van der Waals surface area (Å²) in [5.74, 6) is 2.60. The van der Waals surface area contributed by atoms with Crippen LogP contribution in [0.3, 0.4) is 0 Å². The molecule has 130 valence electrons. The zero-order chi connectivity index (χ0) is 16.5. The van der Waals surface area contributed by atoms with Gasteiger partial charge in [0.2, 0.25) is 5.91 Å². The molecule has 1 aromatic rings. The number of carbonyl (C=O) groups is 1. The van der Waals surface area contributed by atoms with Crippen LogP contribution in [-0.2, 0) is 11.2 Å². The SMILES string of the molecule is O=C(Cc1ccc(Cl)cc1)N1C[C@H]2CN(CC3CCCC3)C[C@@H]2C1. The van der Waals surface area contributed by atoms with E-state index >= 15 is 0 Å². The number of rotatable bonds is 4. The molecule has 2 saturated heterocycles. The third kappa shape index (κ3) is 3.62. The largest absolute Gasteiger partial charge is 0.342 e. The molecule has 4 heteroatoms. The van der Waals surface area contributed by atoms with Gasteiger partial charge < -0.3 is 9.80 Å². The van der Waals surface area contributed by atoms with E-state index in [1.165, 1.54) is 45.3 Å². The molecule has 4 rings (SSSR count). The summed E-state index contributed by atoms with van der Waals surface area (Å²) in [4.78, 5) is 17.3. The van der Waals surface area contributed by atoms with Crippen LogP contribution in [-0.4, -0.2) is 48.4 Å². The van der Waals surface area contributed by atoms with Crippen molar-refractivity contribution in [3.63, 3.8) is 0 Å². The van der Waals surface area contributed by atoms with Gasteiger partial charge in [0.05, 0.1) is 6.42 Å². The molecule has 0 spiro atoms. The van der Waals surface area contributed by atoms with Gasteiger partial charge >= 0.3 is 0 Å². The van der Waals surface area contributed by atoms with Crippen LogP contribution in [0.5, 0.6) is 0 Å². The minimum absolute atomic E-state index is 0.272. The second-order valence-corrected chi connectivity index (χ2v) is 8.43. The summed E-state index contributed by atoms with van der Waals surface area (Å²) in [6.45, 7) is 5.61. The summed E-state index contributed by atoms with van der Waals surface area (Å²) in [5, 5.41) is 0.726. The first-order valence-electron chi connectivity index (χ1n) is 9.42. The van der Waals surface area contributed by atoms with Crippen LogP contribution in [0.1, 0.15) is 31.2 Å². The highest BCUT2D eigenvalue weighted by atomic mass is 35.5. The monoisotopic (exact) mass is 346 g/mol. The van der Waals surface area contributed by atoms with E-state index in [9.17, 15) is 4.79 Å². The minimum atomic E-state index is 0.272. The van der Waals surface area contributed by atoms with Gasteiger partial charge in [0, 0.05) is 37.7 Å². The number of benzene rings is 1. The molecule has 2 aliphatic heterocycles. The first-order chi connectivity index (χ1) is 11.7. The van der Waals surface area contributed by atoms with Crippen LogP contribution < -0.4 is 0 Å². The van der Waals surface area contributed by atoms with Crippen LogP contribution in [0.2, 0.25) is 5.02 Å². The Hall–Kier alpha value is -1.06. The van der Waals surface area contributed by atoms with Crippen molar-refractivity contribution in [1.82, 2.24) is 9.80 Å². The normalized spacial score (nSPS) is 27.8. The third-order valence-electron chi connectivity index (χ3n) is 6.17. The van der Waals surface area contributed by atoms with Gasteiger partial charge in [-0.3, -0.25) is 4.79 Å². The predicted octanol–water partition coefficient (Wildman–Crippen LogP) is 3.46. The fraction of sp³-hybridized carbons (Fsp3) is 0.650. The number of fused-ring (bicyclic) bond motifs is 1. The third-order valence-corrected chi connectivity index (χ3v) is 6.43. The van der Waals surface area contributed by atoms with E-state index in [1.54, 1.807) is 0 Å². The van der Waals surface area contributed by atoms with Crippen molar-refractivity contribution < 1.29 is 4.79 Å². The van der Waals surface area contributed by atoms with Gasteiger partial charge in [-0.2, -0.15) is 0 Å². The van der Waals surface area contributed by atoms with Crippen LogP contribution in [0.25, 0.3) is 0 Å². The van der Waals surface area contributed by atoms with Crippen molar-refractivity contribution in [2.45, 2.75) is 32.1 Å². The lowest BCUT2D eigenvalue weighted by Gasteiger charge is -2.24. The molecule has 1 saturated carbocycles. The van der Waals surface area contributed by atoms with E-state index < -0.39 is 0 Å². The number of hydrogen-bond donors (Lipinski definition) is 0. The van der Waals surface area contributed by atoms with Gasteiger partial charge in [0.25, 0.3) is 0 Å². The van der Waals surface area contributed by atoms with Crippen molar-refractivity contribution in [1.29, 1.82) is 0 Å². The number of carbonyl (C=O) groups excluding carboxylic acids is 1. The van der Waals surface area contributed by atoms with Crippen molar-refractivity contribution in [2.75, 3.05) is 32.7 Å². The standard InChI is InChI=1S/C20H27ClN2O/c21-19-7-5-15(6-8-19)9-20(24)23-13-17-11-22(12-18(17)14-23)10-16-3-1-2-4-16/h5-8,16-18H,1-4,9-14H2/t17-,18-/m1/s1. The smallest absolute Gasteiger partial charge is 0.227 e. The average Bonchev–Trinajstić information content (AvgIpc) is 3.26. The van der Waals surface area contributed by atoms with Gasteiger partial charge in [0.15, 0.2) is 0 Å². The van der Waals surface area contributed by atoms with Crippen molar-refractivity contribution in [3.8, 4) is 0 Å². The number of hydrogen-bond acceptors (Lipinski definition) is 2. The number of amides is 1. The Morgan fingerprint density at radius 2 is 1.62 bits per heavy atom. The molecule has 0 N–H and O–H groups in total. The molecule has 2 heterocycles. The Morgan fingerprint density at radius 3 is 2.25 bits per heavy atom. The maximum absolute atomic E-state index is 12.6. The Labute approximate surface area is 150 Å². The van der Waals surface area contributed by atoms with Crippen molar-refractivity contribution in [2.24, 2.45) is 17.8 Å². The molecule has 1 aliphatic carbocycles. The average molecular weight is 347 g/mol. The van der Waals surface area contributed by atoms with Gasteiger partial charge in [-0.05, 0) is 48.3 Å². The number of likely N-dealkylation sites (tertiary alicyclic amines) is 2. The predicted molar refractivity (Wildman–Crippen MR) is 97.1 cm³/mol. The van der Waals surface area contributed by atoms with Crippen molar-refractivity contribution >= 4 is 17.5 Å². The number of halogens is 1. The summed E-state index contributed by atoms with van der Waals surface area (Å²) in [6, 6.07) is 7.65. The summed E-state index contributed by atoms with van der Waals surface area (Å²) in [7, 11) is 0. The highest BCUT2D eigenvalue weighted by Gasteiger charge is 2.41. The summed E-state index contributed by atoms with van der Waals surface area (Å²) in [6.07, 6.45) is 6.22. The van der Waals surface area contributed by atoms with E-state index in [4.69, 9.17) is 11.6 Å². The molecule has 3 nitrogen and oxygen atoms in total. The Bertz CT molecular complexity index is 568. The first kappa shape index (κ1) is 16.4. The lowest BCUT2D eigenvalue weighted by molar-refractivity contribution is -0.129. The first-order valence-corrected chi connectivity index (χ1v) is 9.80. The Kier molecular flexibility index (Phi) is 4.82. The second-order valence-electron chi connectivity index (χ2n) is 7.99. The van der Waals surface area contributed by atoms with E-state index in [0.717, 1.165) is 29.6 Å². The van der Waals surface area contributed by atoms with Gasteiger partial charge in [-0.15, -0.1) is 0 Å². The molecule has 24 heavy (non-hydrogen) atoms. The van der Waals surface area contributed by atoms with Crippen molar-refractivity contribution in [3.05, 3.63) is 34.9 Å². The fourth-order valence-corrected chi connectivity index (χ4v) is 5.02. The molecular weight excluding hydrogens is 320 g/mol. The van der Waals surface area contributed by atoms with E-state index in [2.05, 4.69) is 9.80 Å². The fourth-order valence-electron chi connectivity index (χ4n) is 4.89. The zero-order valence-electron chi connectivity index (χ0n) is 14.3. The quantitative estimate of drug-likeness (QED) is 0.833. The van der Waals surface area contributed by atoms with Crippen LogP contribution in [0.15, 0.2) is 24.3 Å². The zero-order valence-corrected chi connectivity index (χ0v) is 15.0. The molecule has 1 amide bonds. The highest BCUT2D eigenvalue weighted by Crippen LogP contribution is 2.34. The second kappa shape index (κ2) is 7.05. The molecule has 0 aromatic heterocycles. The lowest BCUT2D eigenvalue weighted by Crippen LogP contribution is -2.35. The minimum Gasteiger partial charge on any atom is -0.342 e. The molecule has 2 atom stereocenters. The van der Waals surface area contributed by atoms with Gasteiger partial charge in [0.1, 0.15) is 0 Å². The molecule has 3 fully saturated rings. The van der Waals surface area contributed by atoms with E-state index in [1.807, 2.05) is 24.3 Å². The molecule has 3 aliphatic rings. The lowest BCUT2D eigenvalue weighted by atomic mass is 10.0. The van der Waals surface area contributed by atoms with Gasteiger partial charge in [-0.25, -0.2) is 0 Å². The van der Waals surface area contributed by atoms with E-state index in [0.29, 0.717) is 18.3 Å². The van der Waals surface area contributed by atoms with Crippen LogP contribution >= 0.6 is 11.6 Å². The summed E-state index contributed by atoms with van der Waals surface area (Å²) < 4.78 is 0. The highest BCUT2D eigenvalue weighted by molar-refractivity contribution is 6.30. The Balaban J connectivity index is 1.27. The van der Waals surface area contributed by atoms with Crippen LogP contribution in [0, 0.1) is 17.8 Å². The van der Waals surface area contributed by atoms with Crippen LogP contribution in [0.4, 0.5) is 0 Å². The maximum atomic E-state index is 12.6. The molecule has 0 radical (unpaired) electrons. The maximum Gasteiger partial charge on any atom is 0.227 e. The Morgan fingerprint density at radius 1 is 1.00 bits per heavy atom. The molecule has 0 unspecified atom stereocenters. The number of nitrogens with zero attached hydrogens (tertiary/aromatic N) is 2. The molecule has 1 aromatic carbocycles. The summed E-state index contributed by atoms with van der Waals surface area (Å²) >= 11 is 5.91. The molecular formula is C20H27ClN2O. The topological polar surface area (TPSA) is 23.6 Å². The van der Waals surface area contributed by atoms with Gasteiger partial charge in [-0.1, -0.05) is 36.6 Å². The molecule has 0 bridgehead atoms. The summed E-state index contributed by atoms with van der Waals surface area (Å²) in [5.41, 5.74) is 1.06. The van der Waals surface area contributed by atoms with E-state index in [-0.39, 0.29) is 5.91 Å².